The maximum atomic E-state index is 12.8. The van der Waals surface area contributed by atoms with E-state index in [1.807, 2.05) is 68.1 Å². The van der Waals surface area contributed by atoms with Crippen LogP contribution in [0.5, 0.6) is 5.75 Å². The SMILES string of the molecule is Cc1ccccc1CC(=O)N1CCCC(COc2ccccc2C(=O)NC(C)C)C1. The summed E-state index contributed by atoms with van der Waals surface area (Å²) in [4.78, 5) is 27.2. The smallest absolute Gasteiger partial charge is 0.255 e. The first-order chi connectivity index (χ1) is 14.4. The molecule has 0 radical (unpaired) electrons. The van der Waals surface area contributed by atoms with Crippen LogP contribution in [0.2, 0.25) is 0 Å². The first-order valence-electron chi connectivity index (χ1n) is 10.8. The standard InChI is InChI=1S/C25H32N2O3/c1-18(2)26-25(29)22-12-6-7-13-23(22)30-17-20-10-8-14-27(16-20)24(28)15-21-11-5-4-9-19(21)3/h4-7,9,11-13,18,20H,8,10,14-17H2,1-3H3,(H,26,29). The van der Waals surface area contributed by atoms with Gasteiger partial charge in [0.2, 0.25) is 5.91 Å². The van der Waals surface area contributed by atoms with E-state index in [1.54, 1.807) is 6.07 Å². The summed E-state index contributed by atoms with van der Waals surface area (Å²) in [6, 6.07) is 15.4. The van der Waals surface area contributed by atoms with Crippen molar-refractivity contribution in [3.05, 3.63) is 65.2 Å². The van der Waals surface area contributed by atoms with Crippen molar-refractivity contribution in [2.24, 2.45) is 5.92 Å². The molecular formula is C25H32N2O3. The first kappa shape index (κ1) is 21.9. The Bertz CT molecular complexity index is 878. The summed E-state index contributed by atoms with van der Waals surface area (Å²) in [5, 5.41) is 2.92. The van der Waals surface area contributed by atoms with Crippen molar-refractivity contribution in [3.8, 4) is 5.75 Å². The fourth-order valence-corrected chi connectivity index (χ4v) is 3.84. The van der Waals surface area contributed by atoms with Gasteiger partial charge in [-0.3, -0.25) is 9.59 Å². The van der Waals surface area contributed by atoms with Crippen LogP contribution in [0.4, 0.5) is 0 Å². The fraction of sp³-hybridized carbons (Fsp3) is 0.440. The number of hydrogen-bond donors (Lipinski definition) is 1. The molecule has 2 aromatic carbocycles. The highest BCUT2D eigenvalue weighted by Gasteiger charge is 2.25. The summed E-state index contributed by atoms with van der Waals surface area (Å²) in [6.45, 7) is 7.92. The highest BCUT2D eigenvalue weighted by Crippen LogP contribution is 2.23. The van der Waals surface area contributed by atoms with Crippen molar-refractivity contribution in [1.29, 1.82) is 0 Å². The molecule has 0 spiro atoms. The number of nitrogens with one attached hydrogen (secondary N) is 1. The van der Waals surface area contributed by atoms with Crippen molar-refractivity contribution in [2.45, 2.75) is 46.1 Å². The molecule has 2 amide bonds. The molecule has 5 heteroatoms. The van der Waals surface area contributed by atoms with Crippen LogP contribution in [0.3, 0.4) is 0 Å². The molecule has 0 saturated carbocycles. The third kappa shape index (κ3) is 5.85. The number of likely N-dealkylation sites (tertiary alicyclic amines) is 1. The zero-order valence-electron chi connectivity index (χ0n) is 18.2. The summed E-state index contributed by atoms with van der Waals surface area (Å²) in [6.07, 6.45) is 2.44. The van der Waals surface area contributed by atoms with E-state index in [2.05, 4.69) is 5.32 Å². The number of ether oxygens (including phenoxy) is 1. The Hall–Kier alpha value is -2.82. The van der Waals surface area contributed by atoms with Crippen molar-refractivity contribution in [2.75, 3.05) is 19.7 Å². The molecule has 1 atom stereocenters. The average molecular weight is 409 g/mol. The van der Waals surface area contributed by atoms with E-state index in [9.17, 15) is 9.59 Å². The first-order valence-corrected chi connectivity index (χ1v) is 10.8. The molecule has 1 heterocycles. The molecule has 1 aliphatic heterocycles. The van der Waals surface area contributed by atoms with Gasteiger partial charge in [0, 0.05) is 25.0 Å². The van der Waals surface area contributed by atoms with Crippen LogP contribution in [0.1, 0.15) is 48.2 Å². The minimum Gasteiger partial charge on any atom is -0.492 e. The molecule has 0 aromatic heterocycles. The number of para-hydroxylation sites is 1. The Kier molecular flexibility index (Phi) is 7.50. The van der Waals surface area contributed by atoms with Crippen LogP contribution in [-0.4, -0.2) is 42.5 Å². The number of rotatable bonds is 7. The van der Waals surface area contributed by atoms with Crippen molar-refractivity contribution >= 4 is 11.8 Å². The Morgan fingerprint density at radius 3 is 2.63 bits per heavy atom. The number of piperidine rings is 1. The van der Waals surface area contributed by atoms with E-state index in [1.165, 1.54) is 0 Å². The van der Waals surface area contributed by atoms with Crippen LogP contribution >= 0.6 is 0 Å². The number of carbonyl (C=O) groups excluding carboxylic acids is 2. The van der Waals surface area contributed by atoms with Crippen molar-refractivity contribution in [3.63, 3.8) is 0 Å². The zero-order valence-corrected chi connectivity index (χ0v) is 18.2. The number of benzene rings is 2. The second-order valence-corrected chi connectivity index (χ2v) is 8.39. The van der Waals surface area contributed by atoms with Gasteiger partial charge in [0.05, 0.1) is 18.6 Å². The second kappa shape index (κ2) is 10.3. The van der Waals surface area contributed by atoms with Gasteiger partial charge in [-0.25, -0.2) is 0 Å². The van der Waals surface area contributed by atoms with Gasteiger partial charge in [-0.1, -0.05) is 36.4 Å². The molecule has 1 saturated heterocycles. The van der Waals surface area contributed by atoms with Crippen LogP contribution in [0, 0.1) is 12.8 Å². The van der Waals surface area contributed by atoms with Crippen molar-refractivity contribution < 1.29 is 14.3 Å². The van der Waals surface area contributed by atoms with Gasteiger partial charge in [0.15, 0.2) is 0 Å². The van der Waals surface area contributed by atoms with Gasteiger partial charge in [0.1, 0.15) is 5.75 Å². The quantitative estimate of drug-likeness (QED) is 0.754. The van der Waals surface area contributed by atoms with Gasteiger partial charge in [0.25, 0.3) is 5.91 Å². The highest BCUT2D eigenvalue weighted by molar-refractivity contribution is 5.97. The van der Waals surface area contributed by atoms with Gasteiger partial charge in [-0.2, -0.15) is 0 Å². The summed E-state index contributed by atoms with van der Waals surface area (Å²) in [7, 11) is 0. The second-order valence-electron chi connectivity index (χ2n) is 8.39. The molecule has 1 unspecified atom stereocenters. The molecule has 30 heavy (non-hydrogen) atoms. The summed E-state index contributed by atoms with van der Waals surface area (Å²) in [5.74, 6) is 0.907. The van der Waals surface area contributed by atoms with Gasteiger partial charge >= 0.3 is 0 Å². The number of nitrogens with zero attached hydrogens (tertiary/aromatic N) is 1. The lowest BCUT2D eigenvalue weighted by atomic mass is 9.97. The molecule has 1 aliphatic rings. The Labute approximate surface area is 179 Å². The molecule has 5 nitrogen and oxygen atoms in total. The Balaban J connectivity index is 1.58. The molecule has 1 fully saturated rings. The van der Waals surface area contributed by atoms with Crippen LogP contribution in [0.15, 0.2) is 48.5 Å². The molecule has 0 aliphatic carbocycles. The molecule has 160 valence electrons. The van der Waals surface area contributed by atoms with E-state index in [-0.39, 0.29) is 23.8 Å². The van der Waals surface area contributed by atoms with Crippen LogP contribution in [0.25, 0.3) is 0 Å². The van der Waals surface area contributed by atoms with Crippen LogP contribution in [-0.2, 0) is 11.2 Å². The van der Waals surface area contributed by atoms with E-state index in [0.717, 1.165) is 30.5 Å². The predicted molar refractivity (Wildman–Crippen MR) is 119 cm³/mol. The number of aryl methyl sites for hydroxylation is 1. The summed E-state index contributed by atoms with van der Waals surface area (Å²) >= 11 is 0. The average Bonchev–Trinajstić information content (AvgIpc) is 2.74. The van der Waals surface area contributed by atoms with E-state index in [4.69, 9.17) is 4.74 Å². The molecule has 3 rings (SSSR count). The molecule has 2 aromatic rings. The molecule has 1 N–H and O–H groups in total. The van der Waals surface area contributed by atoms with E-state index in [0.29, 0.717) is 30.9 Å². The number of hydrogen-bond acceptors (Lipinski definition) is 3. The summed E-state index contributed by atoms with van der Waals surface area (Å²) < 4.78 is 6.05. The zero-order chi connectivity index (χ0) is 21.5. The lowest BCUT2D eigenvalue weighted by molar-refractivity contribution is -0.132. The predicted octanol–water partition coefficient (Wildman–Crippen LogP) is 3.99. The maximum Gasteiger partial charge on any atom is 0.255 e. The number of carbonyl (C=O) groups is 2. The van der Waals surface area contributed by atoms with Gasteiger partial charge < -0.3 is 15.0 Å². The monoisotopic (exact) mass is 408 g/mol. The normalized spacial score (nSPS) is 16.4. The Morgan fingerprint density at radius 1 is 1.13 bits per heavy atom. The largest absolute Gasteiger partial charge is 0.492 e. The lowest BCUT2D eigenvalue weighted by Gasteiger charge is -2.33. The van der Waals surface area contributed by atoms with Gasteiger partial charge in [-0.15, -0.1) is 0 Å². The van der Waals surface area contributed by atoms with Gasteiger partial charge in [-0.05, 0) is 56.9 Å². The Morgan fingerprint density at radius 2 is 1.87 bits per heavy atom. The summed E-state index contributed by atoms with van der Waals surface area (Å²) in [5.41, 5.74) is 2.79. The molecular weight excluding hydrogens is 376 g/mol. The minimum absolute atomic E-state index is 0.0664. The third-order valence-electron chi connectivity index (χ3n) is 5.50. The van der Waals surface area contributed by atoms with E-state index < -0.39 is 0 Å². The third-order valence-corrected chi connectivity index (χ3v) is 5.50. The topological polar surface area (TPSA) is 58.6 Å². The van der Waals surface area contributed by atoms with Crippen LogP contribution < -0.4 is 10.1 Å². The maximum absolute atomic E-state index is 12.8. The molecule has 0 bridgehead atoms. The minimum atomic E-state index is -0.126. The fourth-order valence-electron chi connectivity index (χ4n) is 3.84. The number of amides is 2. The van der Waals surface area contributed by atoms with Crippen molar-refractivity contribution in [1.82, 2.24) is 10.2 Å². The van der Waals surface area contributed by atoms with E-state index >= 15 is 0 Å². The highest BCUT2D eigenvalue weighted by atomic mass is 16.5. The lowest BCUT2D eigenvalue weighted by Crippen LogP contribution is -2.42.